The third-order valence-electron chi connectivity index (χ3n) is 3.10. The summed E-state index contributed by atoms with van der Waals surface area (Å²) in [6.45, 7) is 2.42. The Balaban J connectivity index is 1.63. The Bertz CT molecular complexity index is 484. The van der Waals surface area contributed by atoms with Gasteiger partial charge in [0.15, 0.2) is 0 Å². The average molecular weight is 298 g/mol. The van der Waals surface area contributed by atoms with Gasteiger partial charge in [0.05, 0.1) is 13.2 Å². The molecule has 1 aliphatic heterocycles. The molecule has 2 rings (SSSR count). The highest BCUT2D eigenvalue weighted by Crippen LogP contribution is 2.05. The molecule has 3 N–H and O–H groups in total. The van der Waals surface area contributed by atoms with Crippen LogP contribution < -0.4 is 10.6 Å². The molecule has 9 heteroatoms. The maximum absolute atomic E-state index is 11.7. The van der Waals surface area contributed by atoms with Crippen LogP contribution in [0.5, 0.6) is 0 Å². The number of amides is 1. The fourth-order valence-electron chi connectivity index (χ4n) is 2.06. The Hall–Kier alpha value is -2.00. The van der Waals surface area contributed by atoms with Gasteiger partial charge in [0, 0.05) is 25.6 Å². The number of aromatic carboxylic acids is 1. The van der Waals surface area contributed by atoms with Crippen LogP contribution in [-0.4, -0.2) is 59.6 Å². The number of hydrogen-bond acceptors (Lipinski definition) is 7. The number of carbonyl (C=O) groups excluding carboxylic acids is 1. The quantitative estimate of drug-likeness (QED) is 0.558. The van der Waals surface area contributed by atoms with Crippen molar-refractivity contribution in [2.45, 2.75) is 25.3 Å². The number of aryl methyl sites for hydroxylation is 1. The summed E-state index contributed by atoms with van der Waals surface area (Å²) in [6, 6.07) is 0.0529. The van der Waals surface area contributed by atoms with Gasteiger partial charge in [-0.3, -0.25) is 4.79 Å². The lowest BCUT2D eigenvalue weighted by atomic mass is 10.1. The molecule has 1 aliphatic rings. The summed E-state index contributed by atoms with van der Waals surface area (Å²) in [5, 5.41) is 21.7. The van der Waals surface area contributed by atoms with Crippen LogP contribution in [0.15, 0.2) is 4.63 Å². The number of aromatic nitrogens is 2. The normalized spacial score (nSPS) is 18.4. The van der Waals surface area contributed by atoms with Gasteiger partial charge in [-0.15, -0.1) is 0 Å². The monoisotopic (exact) mass is 298 g/mol. The van der Waals surface area contributed by atoms with Crippen molar-refractivity contribution in [2.24, 2.45) is 0 Å². The van der Waals surface area contributed by atoms with Crippen LogP contribution in [0.4, 0.5) is 0 Å². The van der Waals surface area contributed by atoms with Gasteiger partial charge in [0.1, 0.15) is 5.69 Å². The van der Waals surface area contributed by atoms with Crippen molar-refractivity contribution < 1.29 is 24.1 Å². The SMILES string of the molecule is O=C(CC1COCCN1)NCCCc1nonc1C(=O)O. The largest absolute Gasteiger partial charge is 0.476 e. The summed E-state index contributed by atoms with van der Waals surface area (Å²) in [5.41, 5.74) is 0.115. The van der Waals surface area contributed by atoms with Crippen molar-refractivity contribution in [3.63, 3.8) is 0 Å². The maximum Gasteiger partial charge on any atom is 0.360 e. The lowest BCUT2D eigenvalue weighted by Gasteiger charge is -2.23. The van der Waals surface area contributed by atoms with Crippen molar-refractivity contribution in [2.75, 3.05) is 26.3 Å². The van der Waals surface area contributed by atoms with Crippen LogP contribution >= 0.6 is 0 Å². The Labute approximate surface area is 121 Å². The van der Waals surface area contributed by atoms with Gasteiger partial charge in [-0.2, -0.15) is 0 Å². The van der Waals surface area contributed by atoms with Crippen LogP contribution in [0.2, 0.25) is 0 Å². The van der Waals surface area contributed by atoms with Crippen LogP contribution in [0.3, 0.4) is 0 Å². The van der Waals surface area contributed by atoms with Crippen LogP contribution in [0, 0.1) is 0 Å². The zero-order valence-electron chi connectivity index (χ0n) is 11.5. The van der Waals surface area contributed by atoms with E-state index in [1.54, 1.807) is 0 Å². The fraction of sp³-hybridized carbons (Fsp3) is 0.667. The highest BCUT2D eigenvalue weighted by Gasteiger charge is 2.18. The molecule has 1 atom stereocenters. The summed E-state index contributed by atoms with van der Waals surface area (Å²) in [4.78, 5) is 22.5. The Kier molecular flexibility index (Phi) is 5.64. The molecule has 1 unspecified atom stereocenters. The van der Waals surface area contributed by atoms with Crippen molar-refractivity contribution in [1.82, 2.24) is 20.9 Å². The molecular formula is C12H18N4O5. The van der Waals surface area contributed by atoms with E-state index in [1.807, 2.05) is 0 Å². The molecule has 1 amide bonds. The number of rotatable bonds is 7. The molecule has 0 saturated carbocycles. The second-order valence-electron chi connectivity index (χ2n) is 4.75. The third kappa shape index (κ3) is 4.80. The minimum atomic E-state index is -1.17. The molecule has 1 aromatic rings. The van der Waals surface area contributed by atoms with Gasteiger partial charge in [0.2, 0.25) is 11.6 Å². The predicted octanol–water partition coefficient (Wildman–Crippen LogP) is -0.805. The van der Waals surface area contributed by atoms with E-state index in [4.69, 9.17) is 9.84 Å². The summed E-state index contributed by atoms with van der Waals surface area (Å²) in [7, 11) is 0. The predicted molar refractivity (Wildman–Crippen MR) is 69.8 cm³/mol. The number of carbonyl (C=O) groups is 2. The topological polar surface area (TPSA) is 127 Å². The highest BCUT2D eigenvalue weighted by atomic mass is 16.6. The lowest BCUT2D eigenvalue weighted by Crippen LogP contribution is -2.44. The van der Waals surface area contributed by atoms with Gasteiger partial charge in [-0.25, -0.2) is 9.42 Å². The van der Waals surface area contributed by atoms with E-state index in [2.05, 4.69) is 25.6 Å². The number of nitrogens with zero attached hydrogens (tertiary/aromatic N) is 2. The first-order valence-corrected chi connectivity index (χ1v) is 6.79. The van der Waals surface area contributed by atoms with Gasteiger partial charge >= 0.3 is 5.97 Å². The molecular weight excluding hydrogens is 280 g/mol. The minimum absolute atomic E-state index is 0.0529. The van der Waals surface area contributed by atoms with Crippen molar-refractivity contribution >= 4 is 11.9 Å². The molecule has 2 heterocycles. The number of nitrogens with one attached hydrogen (secondary N) is 2. The van der Waals surface area contributed by atoms with Gasteiger partial charge in [-0.05, 0) is 18.0 Å². The molecule has 21 heavy (non-hydrogen) atoms. The number of hydrogen-bond donors (Lipinski definition) is 3. The second-order valence-corrected chi connectivity index (χ2v) is 4.75. The van der Waals surface area contributed by atoms with E-state index in [0.717, 1.165) is 6.54 Å². The third-order valence-corrected chi connectivity index (χ3v) is 3.10. The van der Waals surface area contributed by atoms with E-state index in [1.165, 1.54) is 0 Å². The first-order chi connectivity index (χ1) is 10.2. The molecule has 116 valence electrons. The molecule has 9 nitrogen and oxygen atoms in total. The molecule has 1 fully saturated rings. The molecule has 1 aromatic heterocycles. The standard InChI is InChI=1S/C12H18N4O5/c17-10(6-8-7-20-5-4-13-8)14-3-1-2-9-11(12(18)19)16-21-15-9/h8,13H,1-7H2,(H,14,17)(H,18,19). The van der Waals surface area contributed by atoms with Gasteiger partial charge in [-0.1, -0.05) is 5.16 Å². The van der Waals surface area contributed by atoms with Crippen molar-refractivity contribution in [3.05, 3.63) is 11.4 Å². The summed E-state index contributed by atoms with van der Waals surface area (Å²) >= 11 is 0. The Morgan fingerprint density at radius 2 is 2.29 bits per heavy atom. The van der Waals surface area contributed by atoms with Gasteiger partial charge < -0.3 is 20.5 Å². The summed E-state index contributed by atoms with van der Waals surface area (Å²) in [6.07, 6.45) is 1.32. The molecule has 0 radical (unpaired) electrons. The number of morpholine rings is 1. The van der Waals surface area contributed by atoms with Crippen LogP contribution in [-0.2, 0) is 16.0 Å². The van der Waals surface area contributed by atoms with Crippen LogP contribution in [0.25, 0.3) is 0 Å². The van der Waals surface area contributed by atoms with Gasteiger partial charge in [0.25, 0.3) is 0 Å². The van der Waals surface area contributed by atoms with E-state index in [0.29, 0.717) is 44.7 Å². The minimum Gasteiger partial charge on any atom is -0.476 e. The molecule has 0 bridgehead atoms. The highest BCUT2D eigenvalue weighted by molar-refractivity contribution is 5.86. The van der Waals surface area contributed by atoms with E-state index < -0.39 is 5.97 Å². The summed E-state index contributed by atoms with van der Waals surface area (Å²) in [5.74, 6) is -1.23. The van der Waals surface area contributed by atoms with Crippen molar-refractivity contribution in [3.8, 4) is 0 Å². The van der Waals surface area contributed by atoms with E-state index in [-0.39, 0.29) is 17.6 Å². The Morgan fingerprint density at radius 1 is 1.43 bits per heavy atom. The van der Waals surface area contributed by atoms with E-state index >= 15 is 0 Å². The first kappa shape index (κ1) is 15.4. The molecule has 0 aromatic carbocycles. The zero-order chi connectivity index (χ0) is 15.1. The summed E-state index contributed by atoms with van der Waals surface area (Å²) < 4.78 is 9.66. The molecule has 1 saturated heterocycles. The van der Waals surface area contributed by atoms with Crippen LogP contribution in [0.1, 0.15) is 29.0 Å². The number of carboxylic acid groups (broad SMARTS) is 1. The fourth-order valence-corrected chi connectivity index (χ4v) is 2.06. The molecule has 0 aliphatic carbocycles. The zero-order valence-corrected chi connectivity index (χ0v) is 11.5. The first-order valence-electron chi connectivity index (χ1n) is 6.79. The molecule has 0 spiro atoms. The van der Waals surface area contributed by atoms with Crippen molar-refractivity contribution in [1.29, 1.82) is 0 Å². The second kappa shape index (κ2) is 7.70. The average Bonchev–Trinajstić information content (AvgIpc) is 2.93. The number of carboxylic acids is 1. The lowest BCUT2D eigenvalue weighted by molar-refractivity contribution is -0.122. The Morgan fingerprint density at radius 3 is 3.00 bits per heavy atom. The maximum atomic E-state index is 11.7. The smallest absolute Gasteiger partial charge is 0.360 e. The number of ether oxygens (including phenoxy) is 1. The van der Waals surface area contributed by atoms with E-state index in [9.17, 15) is 9.59 Å².